The highest BCUT2D eigenvalue weighted by Crippen LogP contribution is 2.21. The molecule has 0 spiro atoms. The number of nitro groups is 1. The fourth-order valence-corrected chi connectivity index (χ4v) is 3.60. The normalized spacial score (nSPS) is 11.7. The number of aliphatic imine (C=N–C) groups is 1. The summed E-state index contributed by atoms with van der Waals surface area (Å²) >= 11 is 1.17. The monoisotopic (exact) mass is 378 g/mol. The van der Waals surface area contributed by atoms with Crippen LogP contribution in [0.15, 0.2) is 62.3 Å². The fraction of sp³-hybridized carbons (Fsp3) is 0. The van der Waals surface area contributed by atoms with Gasteiger partial charge in [0.25, 0.3) is 10.0 Å². The van der Waals surface area contributed by atoms with Crippen molar-refractivity contribution in [3.8, 4) is 0 Å². The zero-order chi connectivity index (χ0) is 17.9. The first-order valence-electron chi connectivity index (χ1n) is 6.75. The van der Waals surface area contributed by atoms with E-state index in [1.165, 1.54) is 60.1 Å². The number of aromatic nitrogens is 1. The highest BCUT2D eigenvalue weighted by Gasteiger charge is 2.15. The summed E-state index contributed by atoms with van der Waals surface area (Å²) in [6.07, 6.45) is 2.81. The van der Waals surface area contributed by atoms with E-state index in [1.807, 2.05) is 0 Å². The Kier molecular flexibility index (Phi) is 4.59. The average Bonchev–Trinajstić information content (AvgIpc) is 3.24. The first-order chi connectivity index (χ1) is 11.9. The second-order valence-electron chi connectivity index (χ2n) is 4.63. The lowest BCUT2D eigenvalue weighted by Crippen LogP contribution is -2.12. The molecule has 1 aromatic carbocycles. The molecule has 9 nitrogen and oxygen atoms in total. The first-order valence-corrected chi connectivity index (χ1v) is 9.11. The van der Waals surface area contributed by atoms with Gasteiger partial charge in [-0.1, -0.05) is 0 Å². The molecule has 0 aliphatic carbocycles. The molecule has 0 aliphatic rings. The van der Waals surface area contributed by atoms with Crippen LogP contribution >= 0.6 is 11.3 Å². The Morgan fingerprint density at radius 3 is 2.60 bits per heavy atom. The van der Waals surface area contributed by atoms with Crippen LogP contribution in [0, 0.1) is 10.1 Å². The summed E-state index contributed by atoms with van der Waals surface area (Å²) in [4.78, 5) is 17.9. The van der Waals surface area contributed by atoms with Crippen LogP contribution < -0.4 is 4.72 Å². The Balaban J connectivity index is 1.73. The molecule has 0 fully saturated rings. The molecule has 25 heavy (non-hydrogen) atoms. The SMILES string of the molecule is O=[N+]([O-])c1ccc(C=Nc2ccc(S(=O)(=O)Nc3nccs3)cc2)o1. The van der Waals surface area contributed by atoms with Gasteiger partial charge in [0, 0.05) is 11.6 Å². The molecule has 3 aromatic rings. The van der Waals surface area contributed by atoms with E-state index in [9.17, 15) is 18.5 Å². The molecule has 11 heteroatoms. The lowest BCUT2D eigenvalue weighted by atomic mass is 10.3. The van der Waals surface area contributed by atoms with E-state index < -0.39 is 14.9 Å². The first kappa shape index (κ1) is 16.8. The maximum absolute atomic E-state index is 12.2. The summed E-state index contributed by atoms with van der Waals surface area (Å²) in [6.45, 7) is 0. The minimum Gasteiger partial charge on any atom is -0.400 e. The standard InChI is InChI=1S/C14H10N4O5S2/c19-18(20)13-6-3-11(23-13)9-16-10-1-4-12(5-2-10)25(21,22)17-14-15-7-8-24-14/h1-9H,(H,15,17). The Labute approximate surface area is 145 Å². The van der Waals surface area contributed by atoms with Gasteiger partial charge in [0.1, 0.15) is 4.92 Å². The number of thiazole rings is 1. The van der Waals surface area contributed by atoms with Gasteiger partial charge in [-0.2, -0.15) is 0 Å². The van der Waals surface area contributed by atoms with Crippen LogP contribution in [0.25, 0.3) is 0 Å². The molecular weight excluding hydrogens is 368 g/mol. The zero-order valence-electron chi connectivity index (χ0n) is 12.4. The third kappa shape index (κ3) is 4.08. The van der Waals surface area contributed by atoms with Gasteiger partial charge < -0.3 is 4.42 Å². The van der Waals surface area contributed by atoms with E-state index in [4.69, 9.17) is 4.42 Å². The average molecular weight is 378 g/mol. The lowest BCUT2D eigenvalue weighted by Gasteiger charge is -2.05. The van der Waals surface area contributed by atoms with Crippen LogP contribution in [0.4, 0.5) is 16.7 Å². The lowest BCUT2D eigenvalue weighted by molar-refractivity contribution is -0.402. The van der Waals surface area contributed by atoms with Gasteiger partial charge in [0.15, 0.2) is 10.9 Å². The molecule has 0 aliphatic heterocycles. The largest absolute Gasteiger partial charge is 0.433 e. The van der Waals surface area contributed by atoms with Gasteiger partial charge in [0.05, 0.1) is 22.9 Å². The molecular formula is C14H10N4O5S2. The Morgan fingerprint density at radius 1 is 1.24 bits per heavy atom. The molecule has 2 aromatic heterocycles. The minimum absolute atomic E-state index is 0.0651. The van der Waals surface area contributed by atoms with Crippen LogP contribution in [0.2, 0.25) is 0 Å². The number of sulfonamides is 1. The maximum atomic E-state index is 12.2. The quantitative estimate of drug-likeness (QED) is 0.398. The smallest absolute Gasteiger partial charge is 0.400 e. The number of anilines is 1. The number of rotatable bonds is 6. The predicted octanol–water partition coefficient (Wildman–Crippen LogP) is 3.20. The minimum atomic E-state index is -3.72. The van der Waals surface area contributed by atoms with Crippen molar-refractivity contribution in [2.45, 2.75) is 4.90 Å². The van der Waals surface area contributed by atoms with Gasteiger partial charge in [-0.15, -0.1) is 11.3 Å². The summed E-state index contributed by atoms with van der Waals surface area (Å²) in [6, 6.07) is 8.44. The van der Waals surface area contributed by atoms with Crippen molar-refractivity contribution in [1.29, 1.82) is 0 Å². The van der Waals surface area contributed by atoms with E-state index in [2.05, 4.69) is 14.7 Å². The van der Waals surface area contributed by atoms with E-state index in [1.54, 1.807) is 5.38 Å². The second kappa shape index (κ2) is 6.83. The molecule has 0 atom stereocenters. The summed E-state index contributed by atoms with van der Waals surface area (Å²) in [5, 5.41) is 12.5. The molecule has 0 bridgehead atoms. The molecule has 0 saturated carbocycles. The van der Waals surface area contributed by atoms with Crippen molar-refractivity contribution in [2.75, 3.05) is 4.72 Å². The summed E-state index contributed by atoms with van der Waals surface area (Å²) in [7, 11) is -3.72. The van der Waals surface area contributed by atoms with Crippen molar-refractivity contribution in [3.05, 3.63) is 63.8 Å². The molecule has 1 N–H and O–H groups in total. The van der Waals surface area contributed by atoms with Gasteiger partial charge >= 0.3 is 5.88 Å². The number of nitrogens with one attached hydrogen (secondary N) is 1. The van der Waals surface area contributed by atoms with Crippen molar-refractivity contribution in [3.63, 3.8) is 0 Å². The van der Waals surface area contributed by atoms with E-state index >= 15 is 0 Å². The van der Waals surface area contributed by atoms with Crippen LogP contribution in [0.3, 0.4) is 0 Å². The Hall–Kier alpha value is -3.05. The van der Waals surface area contributed by atoms with E-state index in [0.29, 0.717) is 5.69 Å². The molecule has 0 amide bonds. The van der Waals surface area contributed by atoms with Crippen molar-refractivity contribution < 1.29 is 17.8 Å². The maximum Gasteiger partial charge on any atom is 0.433 e. The third-order valence-electron chi connectivity index (χ3n) is 2.93. The van der Waals surface area contributed by atoms with Crippen LogP contribution in [0.5, 0.6) is 0 Å². The topological polar surface area (TPSA) is 128 Å². The molecule has 0 saturated heterocycles. The second-order valence-corrected chi connectivity index (χ2v) is 7.20. The highest BCUT2D eigenvalue weighted by atomic mass is 32.2. The van der Waals surface area contributed by atoms with Crippen molar-refractivity contribution >= 4 is 44.3 Å². The van der Waals surface area contributed by atoms with Gasteiger partial charge in [-0.25, -0.2) is 13.4 Å². The molecule has 128 valence electrons. The Morgan fingerprint density at radius 2 is 2.00 bits per heavy atom. The Bertz CT molecular complexity index is 1010. The van der Waals surface area contributed by atoms with Gasteiger partial charge in [0.2, 0.25) is 0 Å². The molecule has 3 rings (SSSR count). The summed E-state index contributed by atoms with van der Waals surface area (Å²) < 4.78 is 31.7. The van der Waals surface area contributed by atoms with Crippen LogP contribution in [-0.4, -0.2) is 24.5 Å². The number of furan rings is 1. The molecule has 2 heterocycles. The van der Waals surface area contributed by atoms with E-state index in [-0.39, 0.29) is 21.7 Å². The summed E-state index contributed by atoms with van der Waals surface area (Å²) in [5.74, 6) is -0.162. The summed E-state index contributed by atoms with van der Waals surface area (Å²) in [5.41, 5.74) is 0.465. The van der Waals surface area contributed by atoms with E-state index in [0.717, 1.165) is 0 Å². The fourth-order valence-electron chi connectivity index (χ4n) is 1.81. The predicted molar refractivity (Wildman–Crippen MR) is 92.0 cm³/mol. The number of hydrogen-bond acceptors (Lipinski definition) is 8. The highest BCUT2D eigenvalue weighted by molar-refractivity contribution is 7.93. The van der Waals surface area contributed by atoms with Gasteiger partial charge in [-0.3, -0.25) is 19.8 Å². The third-order valence-corrected chi connectivity index (χ3v) is 5.11. The zero-order valence-corrected chi connectivity index (χ0v) is 14.0. The molecule has 0 radical (unpaired) electrons. The number of nitrogens with zero attached hydrogens (tertiary/aromatic N) is 3. The van der Waals surface area contributed by atoms with Crippen molar-refractivity contribution in [1.82, 2.24) is 4.98 Å². The van der Waals surface area contributed by atoms with Crippen molar-refractivity contribution in [2.24, 2.45) is 4.99 Å². The number of hydrogen-bond donors (Lipinski definition) is 1. The number of benzene rings is 1. The van der Waals surface area contributed by atoms with Gasteiger partial charge in [-0.05, 0) is 30.3 Å². The molecule has 0 unspecified atom stereocenters. The van der Waals surface area contributed by atoms with Crippen LogP contribution in [-0.2, 0) is 10.0 Å². The van der Waals surface area contributed by atoms with Crippen LogP contribution in [0.1, 0.15) is 5.76 Å².